The normalized spacial score (nSPS) is 11.2. The Kier molecular flexibility index (Phi) is 2.87. The topological polar surface area (TPSA) is 43.4 Å². The summed E-state index contributed by atoms with van der Waals surface area (Å²) in [7, 11) is -4.90. The Morgan fingerprint density at radius 1 is 1.46 bits per heavy atom. The first-order valence-corrected chi connectivity index (χ1v) is 5.05. The number of hydrogen-bond donors (Lipinski definition) is 0. The molecule has 0 fully saturated rings. The summed E-state index contributed by atoms with van der Waals surface area (Å²) in [5.41, 5.74) is 0.890. The summed E-state index contributed by atoms with van der Waals surface area (Å²) in [6.07, 6.45) is 0.740. The molecule has 0 unspecified atom stereocenters. The molecule has 0 aliphatic heterocycles. The van der Waals surface area contributed by atoms with E-state index in [0.29, 0.717) is 0 Å². The summed E-state index contributed by atoms with van der Waals surface area (Å²) < 4.78 is 36.3. The van der Waals surface area contributed by atoms with E-state index in [1.165, 1.54) is 12.1 Å². The molecule has 0 radical (unpaired) electrons. The van der Waals surface area contributed by atoms with Crippen LogP contribution in [0, 0.1) is 0 Å². The Hall–Kier alpha value is -1.10. The first-order chi connectivity index (χ1) is 6.01. The highest BCUT2D eigenvalue weighted by Gasteiger charge is 2.08. The van der Waals surface area contributed by atoms with E-state index < -0.39 is 10.5 Å². The molecule has 0 saturated carbocycles. The number of hydrogen-bond acceptors (Lipinski definition) is 3. The van der Waals surface area contributed by atoms with Crippen molar-refractivity contribution in [3.63, 3.8) is 0 Å². The molecule has 13 heavy (non-hydrogen) atoms. The third kappa shape index (κ3) is 3.42. The molecule has 0 amide bonds. The molecule has 0 saturated heterocycles. The molecule has 1 aromatic carbocycles. The van der Waals surface area contributed by atoms with E-state index >= 15 is 0 Å². The molecule has 1 aromatic rings. The second-order valence-electron chi connectivity index (χ2n) is 2.48. The third-order valence-corrected chi connectivity index (χ3v) is 1.89. The number of aryl methyl sites for hydroxylation is 1. The van der Waals surface area contributed by atoms with Crippen molar-refractivity contribution in [1.29, 1.82) is 0 Å². The molecule has 0 heterocycles. The zero-order valence-electron chi connectivity index (χ0n) is 7.03. The SMILES string of the molecule is CCc1cccc(OS(=O)(=O)F)c1. The Bertz CT molecular complexity index is 386. The van der Waals surface area contributed by atoms with Crippen LogP contribution in [0.3, 0.4) is 0 Å². The van der Waals surface area contributed by atoms with Crippen LogP contribution in [0.15, 0.2) is 24.3 Å². The van der Waals surface area contributed by atoms with Gasteiger partial charge in [0.2, 0.25) is 0 Å². The summed E-state index contributed by atoms with van der Waals surface area (Å²) in [5.74, 6) is 0.00171. The Balaban J connectivity index is 2.90. The Labute approximate surface area is 76.6 Å². The van der Waals surface area contributed by atoms with Gasteiger partial charge in [-0.3, -0.25) is 0 Å². The molecular formula is C8H9FO3S. The van der Waals surface area contributed by atoms with Crippen LogP contribution in [0.2, 0.25) is 0 Å². The van der Waals surface area contributed by atoms with Crippen molar-refractivity contribution in [2.75, 3.05) is 0 Å². The van der Waals surface area contributed by atoms with Gasteiger partial charge in [-0.05, 0) is 24.1 Å². The van der Waals surface area contributed by atoms with Crippen molar-refractivity contribution in [3.05, 3.63) is 29.8 Å². The molecule has 1 rings (SSSR count). The number of rotatable bonds is 3. The van der Waals surface area contributed by atoms with Gasteiger partial charge in [0.05, 0.1) is 0 Å². The highest BCUT2D eigenvalue weighted by Crippen LogP contribution is 2.15. The fourth-order valence-corrected chi connectivity index (χ4v) is 1.27. The molecule has 3 nitrogen and oxygen atoms in total. The maximum Gasteiger partial charge on any atom is 0.488 e. The highest BCUT2D eigenvalue weighted by atomic mass is 32.3. The van der Waals surface area contributed by atoms with Crippen LogP contribution in [0.5, 0.6) is 5.75 Å². The van der Waals surface area contributed by atoms with Crippen LogP contribution in [0.25, 0.3) is 0 Å². The molecule has 5 heteroatoms. The van der Waals surface area contributed by atoms with Gasteiger partial charge in [0, 0.05) is 0 Å². The molecule has 72 valence electrons. The minimum absolute atomic E-state index is 0.00171. The van der Waals surface area contributed by atoms with E-state index in [0.717, 1.165) is 12.0 Å². The van der Waals surface area contributed by atoms with Gasteiger partial charge < -0.3 is 4.18 Å². The van der Waals surface area contributed by atoms with Crippen molar-refractivity contribution in [3.8, 4) is 5.75 Å². The summed E-state index contributed by atoms with van der Waals surface area (Å²) in [6, 6.07) is 6.28. The van der Waals surface area contributed by atoms with Crippen LogP contribution >= 0.6 is 0 Å². The minimum atomic E-state index is -4.90. The monoisotopic (exact) mass is 204 g/mol. The molecule has 0 atom stereocenters. The molecule has 0 spiro atoms. The largest absolute Gasteiger partial charge is 0.488 e. The summed E-state index contributed by atoms with van der Waals surface area (Å²) in [4.78, 5) is 0. The maximum atomic E-state index is 12.1. The Morgan fingerprint density at radius 2 is 2.15 bits per heavy atom. The van der Waals surface area contributed by atoms with Crippen molar-refractivity contribution >= 4 is 10.5 Å². The van der Waals surface area contributed by atoms with Gasteiger partial charge in [-0.25, -0.2) is 0 Å². The van der Waals surface area contributed by atoms with E-state index in [9.17, 15) is 12.3 Å². The predicted octanol–water partition coefficient (Wildman–Crippen LogP) is 1.84. The van der Waals surface area contributed by atoms with Crippen molar-refractivity contribution in [1.82, 2.24) is 0 Å². The van der Waals surface area contributed by atoms with Gasteiger partial charge in [0.25, 0.3) is 0 Å². The Morgan fingerprint density at radius 3 is 2.69 bits per heavy atom. The van der Waals surface area contributed by atoms with Crippen LogP contribution < -0.4 is 4.18 Å². The first-order valence-electron chi connectivity index (χ1n) is 3.74. The van der Waals surface area contributed by atoms with Gasteiger partial charge in [0.15, 0.2) is 0 Å². The lowest BCUT2D eigenvalue weighted by atomic mass is 10.2. The summed E-state index contributed by atoms with van der Waals surface area (Å²) >= 11 is 0. The number of halogens is 1. The van der Waals surface area contributed by atoms with Gasteiger partial charge in [-0.1, -0.05) is 22.9 Å². The zero-order valence-corrected chi connectivity index (χ0v) is 7.84. The van der Waals surface area contributed by atoms with E-state index in [1.54, 1.807) is 12.1 Å². The summed E-state index contributed by atoms with van der Waals surface area (Å²) in [5, 5.41) is 0. The number of benzene rings is 1. The first kappa shape index (κ1) is 9.98. The lowest BCUT2D eigenvalue weighted by Gasteiger charge is -2.01. The van der Waals surface area contributed by atoms with E-state index in [-0.39, 0.29) is 5.75 Å². The molecule has 0 aromatic heterocycles. The minimum Gasteiger partial charge on any atom is -0.358 e. The average Bonchev–Trinajstić information content (AvgIpc) is 2.01. The van der Waals surface area contributed by atoms with Crippen LogP contribution in [-0.4, -0.2) is 8.42 Å². The van der Waals surface area contributed by atoms with Gasteiger partial charge in [-0.15, -0.1) is 0 Å². The van der Waals surface area contributed by atoms with E-state index in [1.807, 2.05) is 6.92 Å². The maximum absolute atomic E-state index is 12.1. The standard InChI is InChI=1S/C8H9FO3S/c1-2-7-4-3-5-8(6-7)12-13(9,10)11/h3-6H,2H2,1H3. The molecule has 0 N–H and O–H groups in total. The summed E-state index contributed by atoms with van der Waals surface area (Å²) in [6.45, 7) is 1.91. The lowest BCUT2D eigenvalue weighted by Crippen LogP contribution is -2.01. The lowest BCUT2D eigenvalue weighted by molar-refractivity contribution is 0.440. The average molecular weight is 204 g/mol. The van der Waals surface area contributed by atoms with Gasteiger partial charge in [0.1, 0.15) is 5.75 Å². The third-order valence-electron chi connectivity index (χ3n) is 1.50. The molecule has 0 aliphatic rings. The second-order valence-corrected chi connectivity index (χ2v) is 3.43. The highest BCUT2D eigenvalue weighted by molar-refractivity contribution is 7.81. The van der Waals surface area contributed by atoms with Crippen LogP contribution in [0.1, 0.15) is 12.5 Å². The fraction of sp³-hybridized carbons (Fsp3) is 0.250. The van der Waals surface area contributed by atoms with Crippen molar-refractivity contribution in [2.24, 2.45) is 0 Å². The van der Waals surface area contributed by atoms with E-state index in [4.69, 9.17) is 0 Å². The molecule has 0 aliphatic carbocycles. The zero-order chi connectivity index (χ0) is 9.90. The second kappa shape index (κ2) is 3.74. The van der Waals surface area contributed by atoms with Crippen molar-refractivity contribution in [2.45, 2.75) is 13.3 Å². The predicted molar refractivity (Wildman–Crippen MR) is 46.5 cm³/mol. The van der Waals surface area contributed by atoms with Crippen molar-refractivity contribution < 1.29 is 16.5 Å². The molecule has 0 bridgehead atoms. The van der Waals surface area contributed by atoms with E-state index in [2.05, 4.69) is 4.18 Å². The van der Waals surface area contributed by atoms with Gasteiger partial charge >= 0.3 is 10.5 Å². The quantitative estimate of drug-likeness (QED) is 0.705. The van der Waals surface area contributed by atoms with Crippen LogP contribution in [0.4, 0.5) is 3.89 Å². The van der Waals surface area contributed by atoms with Gasteiger partial charge in [-0.2, -0.15) is 8.42 Å². The fourth-order valence-electron chi connectivity index (χ4n) is 0.932. The van der Waals surface area contributed by atoms with Crippen LogP contribution in [-0.2, 0) is 16.9 Å². The smallest absolute Gasteiger partial charge is 0.358 e. The molecular weight excluding hydrogens is 195 g/mol.